The summed E-state index contributed by atoms with van der Waals surface area (Å²) in [4.78, 5) is 0. The highest BCUT2D eigenvalue weighted by atomic mass is 14.9. The molecule has 0 aromatic heterocycles. The van der Waals surface area contributed by atoms with E-state index in [1.54, 1.807) is 19.3 Å². The first-order valence-corrected chi connectivity index (χ1v) is 6.17. The van der Waals surface area contributed by atoms with Gasteiger partial charge in [0.15, 0.2) is 0 Å². The molecule has 1 N–H and O–H groups in total. The Balaban J connectivity index is 1.57. The maximum atomic E-state index is 3.76. The van der Waals surface area contributed by atoms with Gasteiger partial charge in [-0.1, -0.05) is 12.8 Å². The van der Waals surface area contributed by atoms with E-state index in [1.165, 1.54) is 32.2 Å². The van der Waals surface area contributed by atoms with Crippen molar-refractivity contribution in [1.29, 1.82) is 0 Å². The zero-order chi connectivity index (χ0) is 8.67. The molecule has 1 saturated heterocycles. The van der Waals surface area contributed by atoms with Crippen LogP contribution in [0.1, 0.15) is 44.9 Å². The fraction of sp³-hybridized carbons (Fsp3) is 1.00. The van der Waals surface area contributed by atoms with Crippen LogP contribution >= 0.6 is 0 Å². The molecule has 0 radical (unpaired) electrons. The molecule has 2 saturated carbocycles. The van der Waals surface area contributed by atoms with Crippen molar-refractivity contribution in [2.75, 3.05) is 6.54 Å². The number of rotatable bonds is 1. The highest BCUT2D eigenvalue weighted by Crippen LogP contribution is 2.55. The summed E-state index contributed by atoms with van der Waals surface area (Å²) in [5.41, 5.74) is 0. The van der Waals surface area contributed by atoms with Crippen molar-refractivity contribution in [3.05, 3.63) is 0 Å². The summed E-state index contributed by atoms with van der Waals surface area (Å²) in [6.07, 6.45) is 10.5. The molecule has 3 rings (SSSR count). The Morgan fingerprint density at radius 2 is 1.54 bits per heavy atom. The van der Waals surface area contributed by atoms with Crippen molar-refractivity contribution < 1.29 is 0 Å². The number of hydrogen-bond acceptors (Lipinski definition) is 1. The molecule has 74 valence electrons. The Morgan fingerprint density at radius 1 is 0.769 bits per heavy atom. The van der Waals surface area contributed by atoms with E-state index >= 15 is 0 Å². The van der Waals surface area contributed by atoms with Crippen molar-refractivity contribution in [3.63, 3.8) is 0 Å². The smallest absolute Gasteiger partial charge is 0.00955 e. The van der Waals surface area contributed by atoms with Crippen LogP contribution in [0.25, 0.3) is 0 Å². The Hall–Kier alpha value is -0.0400. The second kappa shape index (κ2) is 3.27. The van der Waals surface area contributed by atoms with Gasteiger partial charge >= 0.3 is 0 Å². The van der Waals surface area contributed by atoms with E-state index in [2.05, 4.69) is 5.32 Å². The molecular weight excluding hydrogens is 158 g/mol. The van der Waals surface area contributed by atoms with E-state index in [-0.39, 0.29) is 0 Å². The zero-order valence-corrected chi connectivity index (χ0v) is 8.47. The molecular formula is C12H21N. The third-order valence-corrected chi connectivity index (χ3v) is 4.45. The summed E-state index contributed by atoms with van der Waals surface area (Å²) in [6.45, 7) is 1.29. The van der Waals surface area contributed by atoms with Crippen LogP contribution in [-0.2, 0) is 0 Å². The molecule has 1 nitrogen and oxygen atoms in total. The summed E-state index contributed by atoms with van der Waals surface area (Å²) < 4.78 is 0. The third-order valence-electron chi connectivity index (χ3n) is 4.45. The lowest BCUT2D eigenvalue weighted by Crippen LogP contribution is -2.34. The molecule has 3 fully saturated rings. The molecule has 0 aromatic rings. The maximum absolute atomic E-state index is 3.76. The maximum Gasteiger partial charge on any atom is 0.00955 e. The van der Waals surface area contributed by atoms with E-state index in [0.29, 0.717) is 0 Å². The van der Waals surface area contributed by atoms with Gasteiger partial charge in [0.05, 0.1) is 0 Å². The lowest BCUT2D eigenvalue weighted by Gasteiger charge is -2.24. The molecule has 1 heterocycles. The van der Waals surface area contributed by atoms with Crippen molar-refractivity contribution in [2.24, 2.45) is 17.8 Å². The highest BCUT2D eigenvalue weighted by molar-refractivity contribution is 4.99. The second-order valence-electron chi connectivity index (χ2n) is 5.40. The summed E-state index contributed by atoms with van der Waals surface area (Å²) in [6, 6.07) is 0.898. The second-order valence-corrected chi connectivity index (χ2v) is 5.40. The first kappa shape index (κ1) is 8.28. The van der Waals surface area contributed by atoms with Gasteiger partial charge in [0, 0.05) is 6.04 Å². The summed E-state index contributed by atoms with van der Waals surface area (Å²) in [5.74, 6) is 3.38. The fourth-order valence-electron chi connectivity index (χ4n) is 3.55. The van der Waals surface area contributed by atoms with E-state index in [0.717, 1.165) is 23.8 Å². The minimum absolute atomic E-state index is 0.898. The molecule has 1 aliphatic heterocycles. The zero-order valence-electron chi connectivity index (χ0n) is 8.47. The van der Waals surface area contributed by atoms with Crippen molar-refractivity contribution >= 4 is 0 Å². The predicted octanol–water partition coefficient (Wildman–Crippen LogP) is 2.56. The largest absolute Gasteiger partial charge is 0.314 e. The summed E-state index contributed by atoms with van der Waals surface area (Å²) in [7, 11) is 0. The Bertz CT molecular complexity index is 172. The van der Waals surface area contributed by atoms with Crippen LogP contribution in [0.5, 0.6) is 0 Å². The summed E-state index contributed by atoms with van der Waals surface area (Å²) >= 11 is 0. The van der Waals surface area contributed by atoms with E-state index in [1.807, 2.05) is 0 Å². The molecule has 2 aliphatic carbocycles. The van der Waals surface area contributed by atoms with Gasteiger partial charge in [-0.05, 0) is 56.4 Å². The lowest BCUT2D eigenvalue weighted by molar-refractivity contribution is 0.329. The third kappa shape index (κ3) is 1.63. The van der Waals surface area contributed by atoms with Gasteiger partial charge < -0.3 is 5.32 Å². The van der Waals surface area contributed by atoms with Crippen LogP contribution in [0.3, 0.4) is 0 Å². The quantitative estimate of drug-likeness (QED) is 0.652. The Kier molecular flexibility index (Phi) is 2.08. The monoisotopic (exact) mass is 179 g/mol. The lowest BCUT2D eigenvalue weighted by atomic mass is 9.91. The fourth-order valence-corrected chi connectivity index (χ4v) is 3.55. The average Bonchev–Trinajstić information content (AvgIpc) is 2.85. The highest BCUT2D eigenvalue weighted by Gasteiger charge is 2.47. The molecule has 3 aliphatic rings. The minimum atomic E-state index is 0.898. The number of nitrogens with one attached hydrogen (secondary N) is 1. The SMILES string of the molecule is C1CCNC(C2CC3CC3C2)CC1. The Morgan fingerprint density at radius 3 is 2.38 bits per heavy atom. The van der Waals surface area contributed by atoms with Crippen molar-refractivity contribution in [3.8, 4) is 0 Å². The normalized spacial score (nSPS) is 49.8. The Labute approximate surface area is 81.3 Å². The van der Waals surface area contributed by atoms with E-state index in [9.17, 15) is 0 Å². The van der Waals surface area contributed by atoms with Crippen LogP contribution < -0.4 is 5.32 Å². The predicted molar refractivity (Wildman–Crippen MR) is 54.6 cm³/mol. The molecule has 1 heteroatoms. The number of fused-ring (bicyclic) bond motifs is 1. The van der Waals surface area contributed by atoms with Gasteiger partial charge in [0.25, 0.3) is 0 Å². The van der Waals surface area contributed by atoms with Gasteiger partial charge in [0.2, 0.25) is 0 Å². The van der Waals surface area contributed by atoms with Gasteiger partial charge in [-0.3, -0.25) is 0 Å². The van der Waals surface area contributed by atoms with Crippen molar-refractivity contribution in [1.82, 2.24) is 5.32 Å². The minimum Gasteiger partial charge on any atom is -0.314 e. The van der Waals surface area contributed by atoms with Gasteiger partial charge in [-0.25, -0.2) is 0 Å². The average molecular weight is 179 g/mol. The standard InChI is InChI=1S/C12H21N/c1-2-4-12(13-5-3-1)11-7-9-6-10(9)8-11/h9-13H,1-8H2. The van der Waals surface area contributed by atoms with Crippen LogP contribution in [0.4, 0.5) is 0 Å². The first-order valence-electron chi connectivity index (χ1n) is 6.17. The van der Waals surface area contributed by atoms with Crippen molar-refractivity contribution in [2.45, 2.75) is 51.0 Å². The summed E-state index contributed by atoms with van der Waals surface area (Å²) in [5, 5.41) is 3.76. The van der Waals surface area contributed by atoms with Crippen LogP contribution in [0.2, 0.25) is 0 Å². The topological polar surface area (TPSA) is 12.0 Å². The molecule has 3 unspecified atom stereocenters. The molecule has 0 spiro atoms. The number of hydrogen-bond donors (Lipinski definition) is 1. The van der Waals surface area contributed by atoms with Crippen LogP contribution in [-0.4, -0.2) is 12.6 Å². The van der Waals surface area contributed by atoms with Gasteiger partial charge in [0.1, 0.15) is 0 Å². The molecule has 0 aromatic carbocycles. The van der Waals surface area contributed by atoms with Crippen LogP contribution in [0.15, 0.2) is 0 Å². The van der Waals surface area contributed by atoms with E-state index < -0.39 is 0 Å². The molecule has 13 heavy (non-hydrogen) atoms. The first-order chi connectivity index (χ1) is 6.43. The van der Waals surface area contributed by atoms with Gasteiger partial charge in [-0.15, -0.1) is 0 Å². The van der Waals surface area contributed by atoms with Crippen LogP contribution in [0, 0.1) is 17.8 Å². The molecule has 0 bridgehead atoms. The molecule has 3 atom stereocenters. The van der Waals surface area contributed by atoms with Gasteiger partial charge in [-0.2, -0.15) is 0 Å². The van der Waals surface area contributed by atoms with E-state index in [4.69, 9.17) is 0 Å². The molecule has 0 amide bonds.